The van der Waals surface area contributed by atoms with Gasteiger partial charge in [-0.2, -0.15) is 0 Å². The lowest BCUT2D eigenvalue weighted by atomic mass is 10.1. The quantitative estimate of drug-likeness (QED) is 0.643. The molecule has 1 fully saturated rings. The highest BCUT2D eigenvalue weighted by Crippen LogP contribution is 2.47. The second-order valence-corrected chi connectivity index (χ2v) is 4.04. The summed E-state index contributed by atoms with van der Waals surface area (Å²) >= 11 is 0. The van der Waals surface area contributed by atoms with Crippen molar-refractivity contribution in [3.63, 3.8) is 0 Å². The maximum atomic E-state index is 12.9. The number of carbonyl (C=O) groups is 2. The van der Waals surface area contributed by atoms with Gasteiger partial charge in [0.05, 0.1) is 7.11 Å². The Balaban J connectivity index is 2.10. The van der Waals surface area contributed by atoms with Crippen LogP contribution in [0, 0.1) is 11.2 Å². The zero-order chi connectivity index (χ0) is 12.5. The van der Waals surface area contributed by atoms with Crippen molar-refractivity contribution in [2.75, 3.05) is 12.4 Å². The van der Waals surface area contributed by atoms with Crippen molar-refractivity contribution in [1.82, 2.24) is 0 Å². The minimum absolute atomic E-state index is 0.338. The van der Waals surface area contributed by atoms with E-state index in [0.29, 0.717) is 18.5 Å². The molecule has 0 aliphatic heterocycles. The van der Waals surface area contributed by atoms with Crippen molar-refractivity contribution in [2.45, 2.75) is 12.8 Å². The topological polar surface area (TPSA) is 55.4 Å². The van der Waals surface area contributed by atoms with Gasteiger partial charge in [0.25, 0.3) is 0 Å². The molecule has 0 heterocycles. The summed E-state index contributed by atoms with van der Waals surface area (Å²) in [6.07, 6.45) is 0.946. The smallest absolute Gasteiger partial charge is 0.321 e. The molecule has 0 spiro atoms. The van der Waals surface area contributed by atoms with Crippen LogP contribution in [0.1, 0.15) is 12.8 Å². The first-order valence-corrected chi connectivity index (χ1v) is 5.24. The van der Waals surface area contributed by atoms with Gasteiger partial charge in [-0.25, -0.2) is 4.39 Å². The molecule has 1 aromatic rings. The first kappa shape index (κ1) is 11.6. The van der Waals surface area contributed by atoms with E-state index >= 15 is 0 Å². The predicted molar refractivity (Wildman–Crippen MR) is 58.7 cm³/mol. The number of hydrogen-bond donors (Lipinski definition) is 1. The molecule has 1 amide bonds. The van der Waals surface area contributed by atoms with E-state index in [1.165, 1.54) is 25.3 Å². The van der Waals surface area contributed by atoms with Crippen LogP contribution in [0.5, 0.6) is 0 Å². The summed E-state index contributed by atoms with van der Waals surface area (Å²) in [6.45, 7) is 0. The monoisotopic (exact) mass is 237 g/mol. The average Bonchev–Trinajstić information content (AvgIpc) is 3.09. The molecule has 5 heteroatoms. The Labute approximate surface area is 97.8 Å². The summed E-state index contributed by atoms with van der Waals surface area (Å²) in [7, 11) is 1.25. The van der Waals surface area contributed by atoms with Gasteiger partial charge in [0.15, 0.2) is 0 Å². The molecule has 0 unspecified atom stereocenters. The Morgan fingerprint density at radius 1 is 1.41 bits per heavy atom. The summed E-state index contributed by atoms with van der Waals surface area (Å²) < 4.78 is 17.5. The van der Waals surface area contributed by atoms with Crippen molar-refractivity contribution in [3.8, 4) is 0 Å². The van der Waals surface area contributed by atoms with Gasteiger partial charge < -0.3 is 10.1 Å². The molecule has 1 N–H and O–H groups in total. The van der Waals surface area contributed by atoms with Gasteiger partial charge in [0.2, 0.25) is 5.91 Å². The van der Waals surface area contributed by atoms with Gasteiger partial charge in [-0.05, 0) is 31.0 Å². The molecule has 90 valence electrons. The Bertz CT molecular complexity index is 469. The number of hydrogen-bond acceptors (Lipinski definition) is 3. The molecule has 1 saturated carbocycles. The molecule has 0 bridgehead atoms. The molecule has 0 atom stereocenters. The first-order valence-electron chi connectivity index (χ1n) is 5.24. The number of halogens is 1. The number of carbonyl (C=O) groups excluding carboxylic acids is 2. The molecule has 0 radical (unpaired) electrons. The van der Waals surface area contributed by atoms with Crippen LogP contribution < -0.4 is 5.32 Å². The fourth-order valence-corrected chi connectivity index (χ4v) is 1.66. The van der Waals surface area contributed by atoms with Gasteiger partial charge in [-0.1, -0.05) is 6.07 Å². The van der Waals surface area contributed by atoms with Crippen LogP contribution in [-0.4, -0.2) is 19.0 Å². The molecule has 1 aromatic carbocycles. The van der Waals surface area contributed by atoms with Gasteiger partial charge >= 0.3 is 5.97 Å². The highest BCUT2D eigenvalue weighted by atomic mass is 19.1. The van der Waals surface area contributed by atoms with Crippen molar-refractivity contribution in [1.29, 1.82) is 0 Å². The number of benzene rings is 1. The Morgan fingerprint density at radius 2 is 2.12 bits per heavy atom. The first-order chi connectivity index (χ1) is 8.08. The Kier molecular flexibility index (Phi) is 2.83. The second kappa shape index (κ2) is 4.16. The minimum Gasteiger partial charge on any atom is -0.468 e. The fraction of sp³-hybridized carbons (Fsp3) is 0.333. The number of rotatable bonds is 3. The second-order valence-electron chi connectivity index (χ2n) is 4.04. The maximum absolute atomic E-state index is 12.9. The number of anilines is 1. The molecule has 0 aromatic heterocycles. The van der Waals surface area contributed by atoms with Gasteiger partial charge in [0.1, 0.15) is 11.2 Å². The van der Waals surface area contributed by atoms with E-state index in [4.69, 9.17) is 0 Å². The van der Waals surface area contributed by atoms with E-state index < -0.39 is 23.1 Å². The van der Waals surface area contributed by atoms with E-state index in [2.05, 4.69) is 10.1 Å². The molecule has 2 rings (SSSR count). The number of esters is 1. The number of ether oxygens (including phenoxy) is 1. The van der Waals surface area contributed by atoms with Crippen molar-refractivity contribution < 1.29 is 18.7 Å². The molecule has 1 aliphatic rings. The van der Waals surface area contributed by atoms with Crippen LogP contribution >= 0.6 is 0 Å². The van der Waals surface area contributed by atoms with E-state index in [1.807, 2.05) is 0 Å². The molecule has 0 saturated heterocycles. The molecule has 17 heavy (non-hydrogen) atoms. The molecular formula is C12H12FNO3. The summed E-state index contributed by atoms with van der Waals surface area (Å²) in [6, 6.07) is 5.53. The van der Waals surface area contributed by atoms with E-state index in [1.54, 1.807) is 6.07 Å². The van der Waals surface area contributed by atoms with Crippen LogP contribution in [0.3, 0.4) is 0 Å². The molecular weight excluding hydrogens is 225 g/mol. The number of methoxy groups -OCH3 is 1. The third-order valence-electron chi connectivity index (χ3n) is 2.84. The van der Waals surface area contributed by atoms with Crippen molar-refractivity contribution >= 4 is 17.6 Å². The van der Waals surface area contributed by atoms with Crippen molar-refractivity contribution in [3.05, 3.63) is 30.1 Å². The third-order valence-corrected chi connectivity index (χ3v) is 2.84. The summed E-state index contributed by atoms with van der Waals surface area (Å²) in [4.78, 5) is 23.3. The Morgan fingerprint density at radius 3 is 2.65 bits per heavy atom. The van der Waals surface area contributed by atoms with E-state index in [0.717, 1.165) is 0 Å². The normalized spacial score (nSPS) is 16.1. The maximum Gasteiger partial charge on any atom is 0.321 e. The van der Waals surface area contributed by atoms with Crippen molar-refractivity contribution in [2.24, 2.45) is 5.41 Å². The standard InChI is InChI=1S/C12H12FNO3/c1-17-11(16)12(5-6-12)10(15)14-9-4-2-3-8(13)7-9/h2-4,7H,5-6H2,1H3,(H,14,15). The highest BCUT2D eigenvalue weighted by molar-refractivity contribution is 6.11. The summed E-state index contributed by atoms with van der Waals surface area (Å²) in [5.74, 6) is -1.41. The third kappa shape index (κ3) is 2.13. The van der Waals surface area contributed by atoms with Crippen LogP contribution in [0.4, 0.5) is 10.1 Å². The van der Waals surface area contributed by atoms with Crippen LogP contribution in [0.25, 0.3) is 0 Å². The SMILES string of the molecule is COC(=O)C1(C(=O)Nc2cccc(F)c2)CC1. The fourth-order valence-electron chi connectivity index (χ4n) is 1.66. The minimum atomic E-state index is -1.07. The van der Waals surface area contributed by atoms with Gasteiger partial charge in [-0.15, -0.1) is 0 Å². The van der Waals surface area contributed by atoms with E-state index in [-0.39, 0.29) is 0 Å². The number of amides is 1. The van der Waals surface area contributed by atoms with Crippen LogP contribution in [0.15, 0.2) is 24.3 Å². The lowest BCUT2D eigenvalue weighted by molar-refractivity contribution is -0.150. The Hall–Kier alpha value is -1.91. The van der Waals surface area contributed by atoms with E-state index in [9.17, 15) is 14.0 Å². The summed E-state index contributed by atoms with van der Waals surface area (Å²) in [5, 5.41) is 2.52. The van der Waals surface area contributed by atoms with Crippen LogP contribution in [-0.2, 0) is 14.3 Å². The van der Waals surface area contributed by atoms with Crippen LogP contribution in [0.2, 0.25) is 0 Å². The largest absolute Gasteiger partial charge is 0.468 e. The lowest BCUT2D eigenvalue weighted by Crippen LogP contribution is -2.32. The lowest BCUT2D eigenvalue weighted by Gasteiger charge is -2.12. The zero-order valence-electron chi connectivity index (χ0n) is 9.33. The average molecular weight is 237 g/mol. The molecule has 1 aliphatic carbocycles. The van der Waals surface area contributed by atoms with Gasteiger partial charge in [0, 0.05) is 5.69 Å². The van der Waals surface area contributed by atoms with Gasteiger partial charge in [-0.3, -0.25) is 9.59 Å². The highest BCUT2D eigenvalue weighted by Gasteiger charge is 2.57. The summed E-state index contributed by atoms with van der Waals surface area (Å²) in [5.41, 5.74) is -0.730. The number of nitrogens with one attached hydrogen (secondary N) is 1. The zero-order valence-corrected chi connectivity index (χ0v) is 9.33. The predicted octanol–water partition coefficient (Wildman–Crippen LogP) is 1.72. The molecule has 4 nitrogen and oxygen atoms in total.